The Labute approximate surface area is 103 Å². The van der Waals surface area contributed by atoms with Crippen LogP contribution in [0.4, 0.5) is 0 Å². The molecule has 4 heteroatoms. The first kappa shape index (κ1) is 12.6. The van der Waals surface area contributed by atoms with Crippen LogP contribution in [0.25, 0.3) is 0 Å². The van der Waals surface area contributed by atoms with Crippen molar-refractivity contribution >= 4 is 0 Å². The lowest BCUT2D eigenvalue weighted by molar-refractivity contribution is 0.317. The van der Waals surface area contributed by atoms with E-state index < -0.39 is 0 Å². The van der Waals surface area contributed by atoms with Gasteiger partial charge in [0, 0.05) is 11.5 Å². The van der Waals surface area contributed by atoms with Gasteiger partial charge in [0.15, 0.2) is 5.82 Å². The maximum absolute atomic E-state index is 5.34. The van der Waals surface area contributed by atoms with Gasteiger partial charge in [-0.05, 0) is 19.8 Å². The second kappa shape index (κ2) is 4.77. The largest absolute Gasteiger partial charge is 0.338 e. The molecule has 1 fully saturated rings. The number of rotatable bonds is 3. The van der Waals surface area contributed by atoms with E-state index in [1.165, 1.54) is 25.7 Å². The number of hydrogen-bond acceptors (Lipinski definition) is 4. The van der Waals surface area contributed by atoms with Gasteiger partial charge >= 0.3 is 0 Å². The number of aromatic nitrogens is 2. The van der Waals surface area contributed by atoms with Crippen molar-refractivity contribution in [3.05, 3.63) is 11.7 Å². The van der Waals surface area contributed by atoms with E-state index in [1.807, 2.05) is 0 Å². The van der Waals surface area contributed by atoms with Crippen LogP contribution in [-0.4, -0.2) is 16.2 Å². The van der Waals surface area contributed by atoms with Crippen LogP contribution in [0.1, 0.15) is 71.1 Å². The summed E-state index contributed by atoms with van der Waals surface area (Å²) in [6.07, 6.45) is 5.21. The Kier molecular flexibility index (Phi) is 3.52. The van der Waals surface area contributed by atoms with Gasteiger partial charge in [-0.2, -0.15) is 4.98 Å². The topological polar surface area (TPSA) is 51.0 Å². The average molecular weight is 237 g/mol. The molecule has 4 nitrogen and oxygen atoms in total. The van der Waals surface area contributed by atoms with Crippen molar-refractivity contribution in [2.24, 2.45) is 0 Å². The highest BCUT2D eigenvalue weighted by Crippen LogP contribution is 2.23. The average Bonchev–Trinajstić information content (AvgIpc) is 2.85. The van der Waals surface area contributed by atoms with Crippen molar-refractivity contribution < 1.29 is 4.52 Å². The third kappa shape index (κ3) is 3.06. The molecule has 0 aliphatic heterocycles. The fourth-order valence-electron chi connectivity index (χ4n) is 2.23. The van der Waals surface area contributed by atoms with E-state index in [0.717, 1.165) is 5.82 Å². The third-order valence-electron chi connectivity index (χ3n) is 3.32. The van der Waals surface area contributed by atoms with E-state index in [9.17, 15) is 0 Å². The molecule has 1 heterocycles. The summed E-state index contributed by atoms with van der Waals surface area (Å²) >= 11 is 0. The summed E-state index contributed by atoms with van der Waals surface area (Å²) in [5.74, 6) is 1.49. The Morgan fingerprint density at radius 3 is 2.47 bits per heavy atom. The first-order valence-electron chi connectivity index (χ1n) is 6.57. The molecule has 1 unspecified atom stereocenters. The summed E-state index contributed by atoms with van der Waals surface area (Å²) < 4.78 is 5.34. The van der Waals surface area contributed by atoms with E-state index in [0.29, 0.717) is 11.9 Å². The van der Waals surface area contributed by atoms with Gasteiger partial charge in [0.05, 0.1) is 6.04 Å². The minimum Gasteiger partial charge on any atom is -0.338 e. The molecular weight excluding hydrogens is 214 g/mol. The lowest BCUT2D eigenvalue weighted by Gasteiger charge is -2.16. The van der Waals surface area contributed by atoms with Gasteiger partial charge in [0.2, 0.25) is 5.89 Å². The fraction of sp³-hybridized carbons (Fsp3) is 0.846. The molecule has 1 aliphatic rings. The van der Waals surface area contributed by atoms with Gasteiger partial charge in [-0.15, -0.1) is 0 Å². The van der Waals surface area contributed by atoms with Crippen LogP contribution in [-0.2, 0) is 5.41 Å². The molecule has 17 heavy (non-hydrogen) atoms. The molecule has 0 amide bonds. The van der Waals surface area contributed by atoms with Gasteiger partial charge in [-0.1, -0.05) is 38.8 Å². The molecule has 0 radical (unpaired) electrons. The smallest absolute Gasteiger partial charge is 0.243 e. The first-order chi connectivity index (χ1) is 7.97. The van der Waals surface area contributed by atoms with Crippen molar-refractivity contribution in [2.75, 3.05) is 0 Å². The summed E-state index contributed by atoms with van der Waals surface area (Å²) in [5, 5.41) is 7.62. The molecular formula is C13H23N3O. The minimum atomic E-state index is -0.0468. The van der Waals surface area contributed by atoms with Crippen LogP contribution < -0.4 is 5.32 Å². The molecule has 0 spiro atoms. The van der Waals surface area contributed by atoms with Crippen LogP contribution in [0.5, 0.6) is 0 Å². The van der Waals surface area contributed by atoms with Gasteiger partial charge in [-0.3, -0.25) is 0 Å². The van der Waals surface area contributed by atoms with Crippen molar-refractivity contribution in [1.82, 2.24) is 15.5 Å². The Morgan fingerprint density at radius 2 is 1.94 bits per heavy atom. The molecule has 96 valence electrons. The highest BCUT2D eigenvalue weighted by molar-refractivity contribution is 5.02. The van der Waals surface area contributed by atoms with E-state index in [2.05, 4.69) is 43.2 Å². The molecule has 0 saturated heterocycles. The van der Waals surface area contributed by atoms with E-state index in [1.54, 1.807) is 0 Å². The van der Waals surface area contributed by atoms with Gasteiger partial charge in [0.1, 0.15) is 0 Å². The van der Waals surface area contributed by atoms with E-state index in [-0.39, 0.29) is 11.5 Å². The fourth-order valence-corrected chi connectivity index (χ4v) is 2.23. The molecule has 0 bridgehead atoms. The molecule has 1 aromatic rings. The van der Waals surface area contributed by atoms with Crippen molar-refractivity contribution in [3.8, 4) is 0 Å². The molecule has 1 saturated carbocycles. The third-order valence-corrected chi connectivity index (χ3v) is 3.32. The summed E-state index contributed by atoms with van der Waals surface area (Å²) in [6, 6.07) is 0.775. The van der Waals surface area contributed by atoms with Gasteiger partial charge in [0.25, 0.3) is 0 Å². The maximum atomic E-state index is 5.34. The predicted octanol–water partition coefficient (Wildman–Crippen LogP) is 2.96. The summed E-state index contributed by atoms with van der Waals surface area (Å²) in [7, 11) is 0. The van der Waals surface area contributed by atoms with Gasteiger partial charge in [-0.25, -0.2) is 0 Å². The predicted molar refractivity (Wildman–Crippen MR) is 66.8 cm³/mol. The molecule has 1 atom stereocenters. The number of hydrogen-bond donors (Lipinski definition) is 1. The second-order valence-corrected chi connectivity index (χ2v) is 6.08. The standard InChI is InChI=1S/C13H23N3O/c1-9(14-10-7-5-6-8-10)11-15-12(16-17-11)13(2,3)4/h9-10,14H,5-8H2,1-4H3. The second-order valence-electron chi connectivity index (χ2n) is 6.08. The van der Waals surface area contributed by atoms with E-state index >= 15 is 0 Å². The Balaban J connectivity index is 1.99. The first-order valence-corrected chi connectivity index (χ1v) is 6.57. The molecule has 2 rings (SSSR count). The zero-order chi connectivity index (χ0) is 12.5. The quantitative estimate of drug-likeness (QED) is 0.878. The molecule has 0 aromatic carbocycles. The van der Waals surface area contributed by atoms with Crippen LogP contribution in [0, 0.1) is 0 Å². The summed E-state index contributed by atoms with van der Waals surface area (Å²) in [6.45, 7) is 8.38. The van der Waals surface area contributed by atoms with Crippen molar-refractivity contribution in [1.29, 1.82) is 0 Å². The van der Waals surface area contributed by atoms with Crippen LogP contribution in [0.2, 0.25) is 0 Å². The monoisotopic (exact) mass is 237 g/mol. The number of nitrogens with zero attached hydrogens (tertiary/aromatic N) is 2. The van der Waals surface area contributed by atoms with Crippen LogP contribution >= 0.6 is 0 Å². The Morgan fingerprint density at radius 1 is 1.29 bits per heavy atom. The van der Waals surface area contributed by atoms with Crippen LogP contribution in [0.3, 0.4) is 0 Å². The molecule has 1 N–H and O–H groups in total. The lowest BCUT2D eigenvalue weighted by Crippen LogP contribution is -2.29. The Bertz CT molecular complexity index is 361. The van der Waals surface area contributed by atoms with Crippen molar-refractivity contribution in [3.63, 3.8) is 0 Å². The van der Waals surface area contributed by atoms with Gasteiger partial charge < -0.3 is 9.84 Å². The maximum Gasteiger partial charge on any atom is 0.243 e. The highest BCUT2D eigenvalue weighted by Gasteiger charge is 2.25. The zero-order valence-corrected chi connectivity index (χ0v) is 11.3. The summed E-state index contributed by atoms with van der Waals surface area (Å²) in [4.78, 5) is 4.48. The van der Waals surface area contributed by atoms with E-state index in [4.69, 9.17) is 4.52 Å². The highest BCUT2D eigenvalue weighted by atomic mass is 16.5. The normalized spacial score (nSPS) is 19.8. The molecule has 1 aromatic heterocycles. The summed E-state index contributed by atoms with van der Waals surface area (Å²) in [5.41, 5.74) is -0.0468. The Hall–Kier alpha value is -0.900. The molecule has 1 aliphatic carbocycles. The SMILES string of the molecule is CC(NC1CCCC1)c1nc(C(C)(C)C)no1. The zero-order valence-electron chi connectivity index (χ0n) is 11.3. The van der Waals surface area contributed by atoms with Crippen molar-refractivity contribution in [2.45, 2.75) is 70.9 Å². The lowest BCUT2D eigenvalue weighted by atomic mass is 9.96. The minimum absolute atomic E-state index is 0.0468. The number of nitrogens with one attached hydrogen (secondary N) is 1. The van der Waals surface area contributed by atoms with Crippen LogP contribution in [0.15, 0.2) is 4.52 Å².